The van der Waals surface area contributed by atoms with Crippen molar-refractivity contribution in [3.8, 4) is 11.1 Å². The Morgan fingerprint density at radius 3 is 2.22 bits per heavy atom. The van der Waals surface area contributed by atoms with Gasteiger partial charge in [0.25, 0.3) is 5.91 Å². The second-order valence-corrected chi connectivity index (χ2v) is 7.33. The summed E-state index contributed by atoms with van der Waals surface area (Å²) >= 11 is 0. The largest absolute Gasteiger partial charge is 0.416 e. The van der Waals surface area contributed by atoms with Crippen molar-refractivity contribution in [2.45, 2.75) is 12.7 Å². The van der Waals surface area contributed by atoms with Crippen molar-refractivity contribution >= 4 is 11.6 Å². The predicted octanol–water partition coefficient (Wildman–Crippen LogP) is 5.96. The molecule has 4 rings (SSSR count). The topological polar surface area (TPSA) is 33.0 Å². The highest BCUT2D eigenvalue weighted by molar-refractivity contribution is 6.08. The second-order valence-electron chi connectivity index (χ2n) is 7.33. The monoisotopic (exact) mass is 433 g/mol. The number of carbonyl (C=O) groups is 1. The van der Waals surface area contributed by atoms with E-state index in [1.54, 1.807) is 30.3 Å². The molecule has 1 N–H and O–H groups in total. The molecule has 3 aromatic carbocycles. The van der Waals surface area contributed by atoms with Gasteiger partial charge in [-0.2, -0.15) is 17.7 Å². The van der Waals surface area contributed by atoms with Gasteiger partial charge >= 0.3 is 6.18 Å². The van der Waals surface area contributed by atoms with Crippen LogP contribution in [0.4, 0.5) is 18.9 Å². The number of amides is 1. The summed E-state index contributed by atoms with van der Waals surface area (Å²) in [7, 11) is 0. The molecule has 4 aromatic rings. The molecule has 0 aliphatic heterocycles. The van der Waals surface area contributed by atoms with Crippen LogP contribution in [0, 0.1) is 0 Å². The van der Waals surface area contributed by atoms with Gasteiger partial charge < -0.3 is 5.32 Å². The number of benzene rings is 3. The van der Waals surface area contributed by atoms with Gasteiger partial charge in [0.15, 0.2) is 18.9 Å². The van der Waals surface area contributed by atoms with Crippen LogP contribution in [0.3, 0.4) is 0 Å². The summed E-state index contributed by atoms with van der Waals surface area (Å²) < 4.78 is 40.6. The van der Waals surface area contributed by atoms with Gasteiger partial charge in [0.05, 0.1) is 5.56 Å². The van der Waals surface area contributed by atoms with Gasteiger partial charge in [0.2, 0.25) is 0 Å². The molecule has 0 unspecified atom stereocenters. The van der Waals surface area contributed by atoms with E-state index < -0.39 is 11.7 Å². The van der Waals surface area contributed by atoms with Crippen LogP contribution < -0.4 is 9.88 Å². The second kappa shape index (κ2) is 9.06. The zero-order valence-corrected chi connectivity index (χ0v) is 17.0. The van der Waals surface area contributed by atoms with Gasteiger partial charge in [0.1, 0.15) is 5.69 Å². The van der Waals surface area contributed by atoms with Crippen LogP contribution >= 0.6 is 0 Å². The van der Waals surface area contributed by atoms with Gasteiger partial charge in [-0.25, -0.2) is 0 Å². The Bertz CT molecular complexity index is 1220. The molecule has 3 nitrogen and oxygen atoms in total. The quantitative estimate of drug-likeness (QED) is 0.387. The summed E-state index contributed by atoms with van der Waals surface area (Å²) in [4.78, 5) is 13.0. The Hall–Kier alpha value is -3.93. The molecule has 0 spiro atoms. The fourth-order valence-corrected chi connectivity index (χ4v) is 3.46. The van der Waals surface area contributed by atoms with Gasteiger partial charge in [-0.3, -0.25) is 4.79 Å². The zero-order chi connectivity index (χ0) is 22.6. The van der Waals surface area contributed by atoms with E-state index in [0.29, 0.717) is 28.9 Å². The maximum atomic E-state index is 13.0. The minimum Gasteiger partial charge on any atom is -0.317 e. The van der Waals surface area contributed by atoms with Gasteiger partial charge in [-0.15, -0.1) is 0 Å². The smallest absolute Gasteiger partial charge is 0.317 e. The van der Waals surface area contributed by atoms with Crippen LogP contribution in [-0.4, -0.2) is 5.91 Å². The Morgan fingerprint density at radius 2 is 1.50 bits per heavy atom. The van der Waals surface area contributed by atoms with Crippen LogP contribution in [0.5, 0.6) is 0 Å². The number of nitrogens with one attached hydrogen (secondary N) is 1. The van der Waals surface area contributed by atoms with Crippen molar-refractivity contribution in [1.82, 2.24) is 0 Å². The zero-order valence-electron chi connectivity index (χ0n) is 17.0. The first-order chi connectivity index (χ1) is 15.4. The predicted molar refractivity (Wildman–Crippen MR) is 117 cm³/mol. The van der Waals surface area contributed by atoms with Crippen molar-refractivity contribution in [3.05, 3.63) is 120 Å². The number of rotatable bonds is 5. The Kier molecular flexibility index (Phi) is 6.03. The van der Waals surface area contributed by atoms with E-state index >= 15 is 0 Å². The first-order valence-corrected chi connectivity index (χ1v) is 10.0. The summed E-state index contributed by atoms with van der Waals surface area (Å²) in [5.74, 6) is -0.335. The van der Waals surface area contributed by atoms with E-state index in [9.17, 15) is 18.0 Å². The highest BCUT2D eigenvalue weighted by Crippen LogP contribution is 2.32. The lowest BCUT2D eigenvalue weighted by Gasteiger charge is -2.12. The van der Waals surface area contributed by atoms with Crippen molar-refractivity contribution in [2.24, 2.45) is 0 Å². The number of pyridine rings is 1. The van der Waals surface area contributed by atoms with Crippen LogP contribution in [0.2, 0.25) is 0 Å². The summed E-state index contributed by atoms with van der Waals surface area (Å²) in [5, 5.41) is 2.89. The van der Waals surface area contributed by atoms with Crippen LogP contribution in [0.15, 0.2) is 103 Å². The molecule has 0 aliphatic carbocycles. The fraction of sp³-hybridized carbons (Fsp3) is 0.0769. The molecule has 0 fully saturated rings. The van der Waals surface area contributed by atoms with Crippen molar-refractivity contribution in [3.63, 3.8) is 0 Å². The minimum absolute atomic E-state index is 0.335. The maximum absolute atomic E-state index is 13.0. The third kappa shape index (κ3) is 5.03. The van der Waals surface area contributed by atoms with E-state index in [2.05, 4.69) is 5.32 Å². The maximum Gasteiger partial charge on any atom is 0.416 e. The molecule has 1 heterocycles. The van der Waals surface area contributed by atoms with Crippen molar-refractivity contribution in [1.29, 1.82) is 0 Å². The summed E-state index contributed by atoms with van der Waals surface area (Å²) in [5.41, 5.74) is 2.51. The SMILES string of the molecule is O=C(Nc1ccc[n+](Cc2ccccc2)c1)c1ccccc1-c1ccc(C(F)(F)F)cc1. The number of alkyl halides is 3. The molecule has 0 radical (unpaired) electrons. The van der Waals surface area contributed by atoms with Crippen molar-refractivity contribution < 1.29 is 22.5 Å². The van der Waals surface area contributed by atoms with Crippen LogP contribution in [-0.2, 0) is 12.7 Å². The molecule has 0 atom stereocenters. The van der Waals surface area contributed by atoms with E-state index in [1.165, 1.54) is 12.1 Å². The number of hydrogen-bond acceptors (Lipinski definition) is 1. The lowest BCUT2D eigenvalue weighted by atomic mass is 9.98. The highest BCUT2D eigenvalue weighted by atomic mass is 19.4. The molecule has 0 aliphatic rings. The van der Waals surface area contributed by atoms with Gasteiger partial charge in [-0.05, 0) is 35.4 Å². The molecule has 1 amide bonds. The summed E-state index contributed by atoms with van der Waals surface area (Å²) in [6.45, 7) is 0.659. The summed E-state index contributed by atoms with van der Waals surface area (Å²) in [6.07, 6.45) is -0.650. The van der Waals surface area contributed by atoms with E-state index in [-0.39, 0.29) is 5.91 Å². The number of hydrogen-bond donors (Lipinski definition) is 1. The van der Waals surface area contributed by atoms with Crippen LogP contribution in [0.1, 0.15) is 21.5 Å². The van der Waals surface area contributed by atoms with E-state index in [1.807, 2.05) is 53.4 Å². The molecule has 32 heavy (non-hydrogen) atoms. The van der Waals surface area contributed by atoms with Gasteiger partial charge in [0, 0.05) is 17.2 Å². The first kappa shape index (κ1) is 21.3. The molecule has 0 saturated carbocycles. The Balaban J connectivity index is 1.55. The van der Waals surface area contributed by atoms with E-state index in [4.69, 9.17) is 0 Å². The number of nitrogens with zero attached hydrogens (tertiary/aromatic N) is 1. The summed E-state index contributed by atoms with van der Waals surface area (Å²) in [6, 6.07) is 25.2. The number of anilines is 1. The molecule has 0 saturated heterocycles. The molecular weight excluding hydrogens is 413 g/mol. The first-order valence-electron chi connectivity index (χ1n) is 10.0. The third-order valence-corrected chi connectivity index (χ3v) is 5.02. The Labute approximate surface area is 183 Å². The van der Waals surface area contributed by atoms with Crippen molar-refractivity contribution in [2.75, 3.05) is 5.32 Å². The normalized spacial score (nSPS) is 11.2. The van der Waals surface area contributed by atoms with E-state index in [0.717, 1.165) is 17.7 Å². The third-order valence-electron chi connectivity index (χ3n) is 5.02. The number of carbonyl (C=O) groups excluding carboxylic acids is 1. The standard InChI is InChI=1S/C26H19F3N2O/c27-26(28,29)21-14-12-20(13-15-21)23-10-4-5-11-24(23)25(32)30-22-9-6-16-31(18-22)17-19-7-2-1-3-8-19/h1-16,18H,17H2/p+1. The average molecular weight is 433 g/mol. The average Bonchev–Trinajstić information content (AvgIpc) is 2.79. The van der Waals surface area contributed by atoms with Crippen LogP contribution in [0.25, 0.3) is 11.1 Å². The fourth-order valence-electron chi connectivity index (χ4n) is 3.46. The minimum atomic E-state index is -4.40. The molecule has 6 heteroatoms. The highest BCUT2D eigenvalue weighted by Gasteiger charge is 2.30. The Morgan fingerprint density at radius 1 is 0.812 bits per heavy atom. The number of aromatic nitrogens is 1. The molecule has 0 bridgehead atoms. The molecular formula is C26H20F3N2O+. The molecule has 1 aromatic heterocycles. The lowest BCUT2D eigenvalue weighted by molar-refractivity contribution is -0.687. The lowest BCUT2D eigenvalue weighted by Crippen LogP contribution is -2.33. The van der Waals surface area contributed by atoms with Gasteiger partial charge in [-0.1, -0.05) is 60.7 Å². The number of halogens is 3. The molecule has 160 valence electrons.